The molecule has 4 rings (SSSR count). The van der Waals surface area contributed by atoms with Gasteiger partial charge in [-0.15, -0.1) is 0 Å². The second-order valence-electron chi connectivity index (χ2n) is 8.24. The molecular weight excluding hydrogens is 424 g/mol. The molecule has 1 amide bonds. The lowest BCUT2D eigenvalue weighted by molar-refractivity contribution is 0.0546. The SMILES string of the molecule is Cc1nn(-c2ccc(C#N)c(Cl)c2)c(C)c1Cc1cccc(C(=O)N2CCC(O)CC2)c1. The van der Waals surface area contributed by atoms with Crippen molar-refractivity contribution < 1.29 is 9.90 Å². The first-order valence-corrected chi connectivity index (χ1v) is 11.1. The number of carbonyl (C=O) groups is 1. The lowest BCUT2D eigenvalue weighted by Crippen LogP contribution is -2.40. The molecule has 0 atom stereocenters. The van der Waals surface area contributed by atoms with Crippen molar-refractivity contribution >= 4 is 17.5 Å². The number of aromatic nitrogens is 2. The molecule has 1 fully saturated rings. The van der Waals surface area contributed by atoms with Crippen LogP contribution in [0.15, 0.2) is 42.5 Å². The van der Waals surface area contributed by atoms with Crippen LogP contribution in [0.2, 0.25) is 5.02 Å². The van der Waals surface area contributed by atoms with Gasteiger partial charge in [-0.25, -0.2) is 4.68 Å². The fourth-order valence-corrected chi connectivity index (χ4v) is 4.40. The Hall–Kier alpha value is -3.14. The average molecular weight is 449 g/mol. The molecule has 0 aliphatic carbocycles. The number of piperidine rings is 1. The highest BCUT2D eigenvalue weighted by molar-refractivity contribution is 6.31. The molecule has 0 spiro atoms. The Morgan fingerprint density at radius 3 is 2.66 bits per heavy atom. The number of nitriles is 1. The number of benzene rings is 2. The second-order valence-corrected chi connectivity index (χ2v) is 8.64. The molecule has 0 saturated carbocycles. The van der Waals surface area contributed by atoms with Crippen LogP contribution in [0.3, 0.4) is 0 Å². The smallest absolute Gasteiger partial charge is 0.253 e. The van der Waals surface area contributed by atoms with E-state index in [4.69, 9.17) is 16.9 Å². The zero-order valence-electron chi connectivity index (χ0n) is 18.2. The number of rotatable bonds is 4. The molecule has 7 heteroatoms. The Kier molecular flexibility index (Phi) is 6.31. The third-order valence-corrected chi connectivity index (χ3v) is 6.38. The first-order chi connectivity index (χ1) is 15.4. The number of aryl methyl sites for hydroxylation is 1. The van der Waals surface area contributed by atoms with Crippen LogP contribution in [-0.4, -0.2) is 44.9 Å². The molecule has 1 N–H and O–H groups in total. The predicted molar refractivity (Wildman–Crippen MR) is 123 cm³/mol. The van der Waals surface area contributed by atoms with Crippen molar-refractivity contribution in [3.05, 3.63) is 81.1 Å². The Bertz CT molecular complexity index is 1200. The maximum atomic E-state index is 12.9. The Morgan fingerprint density at radius 2 is 1.97 bits per heavy atom. The topological polar surface area (TPSA) is 82.2 Å². The van der Waals surface area contributed by atoms with Crippen LogP contribution in [0, 0.1) is 25.2 Å². The summed E-state index contributed by atoms with van der Waals surface area (Å²) in [6.07, 6.45) is 1.60. The molecule has 3 aromatic rings. The first-order valence-electron chi connectivity index (χ1n) is 10.7. The van der Waals surface area contributed by atoms with E-state index in [1.54, 1.807) is 12.1 Å². The number of aliphatic hydroxyl groups is 1. The van der Waals surface area contributed by atoms with E-state index < -0.39 is 0 Å². The van der Waals surface area contributed by atoms with Gasteiger partial charge < -0.3 is 10.0 Å². The summed E-state index contributed by atoms with van der Waals surface area (Å²) >= 11 is 6.21. The van der Waals surface area contributed by atoms with Gasteiger partial charge in [0, 0.05) is 36.3 Å². The van der Waals surface area contributed by atoms with Gasteiger partial charge in [-0.3, -0.25) is 4.79 Å². The summed E-state index contributed by atoms with van der Waals surface area (Å²) in [5, 5.41) is 23.9. The average Bonchev–Trinajstić information content (AvgIpc) is 3.07. The first kappa shape index (κ1) is 22.1. The number of carbonyl (C=O) groups excluding carboxylic acids is 1. The Labute approximate surface area is 192 Å². The zero-order chi connectivity index (χ0) is 22.8. The largest absolute Gasteiger partial charge is 0.393 e. The molecule has 0 unspecified atom stereocenters. The van der Waals surface area contributed by atoms with Crippen molar-refractivity contribution in [3.63, 3.8) is 0 Å². The molecule has 1 aliphatic rings. The Balaban J connectivity index is 1.58. The van der Waals surface area contributed by atoms with Crippen LogP contribution >= 0.6 is 11.6 Å². The standard InChI is InChI=1S/C25H25ClN4O2/c1-16-23(17(2)30(28-16)21-7-6-20(15-27)24(26)14-21)13-18-4-3-5-19(12-18)25(32)29-10-8-22(31)9-11-29/h3-7,12,14,22,31H,8-11,13H2,1-2H3. The molecule has 1 aromatic heterocycles. The van der Waals surface area contributed by atoms with Crippen molar-refractivity contribution in [2.75, 3.05) is 13.1 Å². The van der Waals surface area contributed by atoms with Gasteiger partial charge in [0.05, 0.1) is 28.1 Å². The monoisotopic (exact) mass is 448 g/mol. The van der Waals surface area contributed by atoms with Crippen molar-refractivity contribution in [2.45, 2.75) is 39.2 Å². The second kappa shape index (κ2) is 9.15. The fourth-order valence-electron chi connectivity index (χ4n) is 4.18. The van der Waals surface area contributed by atoms with E-state index in [9.17, 15) is 9.90 Å². The number of aliphatic hydroxyl groups excluding tert-OH is 1. The van der Waals surface area contributed by atoms with Gasteiger partial charge in [-0.05, 0) is 62.6 Å². The van der Waals surface area contributed by atoms with Crippen LogP contribution in [0.1, 0.15) is 51.3 Å². The van der Waals surface area contributed by atoms with Crippen LogP contribution in [0.25, 0.3) is 5.69 Å². The molecule has 0 bridgehead atoms. The van der Waals surface area contributed by atoms with Crippen LogP contribution in [0.4, 0.5) is 0 Å². The lowest BCUT2D eigenvalue weighted by Gasteiger charge is -2.29. The highest BCUT2D eigenvalue weighted by Crippen LogP contribution is 2.25. The van der Waals surface area contributed by atoms with Gasteiger partial charge in [-0.1, -0.05) is 23.7 Å². The summed E-state index contributed by atoms with van der Waals surface area (Å²) in [5.41, 5.74) is 5.93. The van der Waals surface area contributed by atoms with Crippen LogP contribution < -0.4 is 0 Å². The van der Waals surface area contributed by atoms with Gasteiger partial charge >= 0.3 is 0 Å². The van der Waals surface area contributed by atoms with Gasteiger partial charge in [0.25, 0.3) is 5.91 Å². The summed E-state index contributed by atoms with van der Waals surface area (Å²) in [6.45, 7) is 5.15. The summed E-state index contributed by atoms with van der Waals surface area (Å²) in [4.78, 5) is 14.7. The van der Waals surface area contributed by atoms with Gasteiger partial charge in [-0.2, -0.15) is 10.4 Å². The summed E-state index contributed by atoms with van der Waals surface area (Å²) in [6, 6.07) is 15.1. The number of amides is 1. The summed E-state index contributed by atoms with van der Waals surface area (Å²) in [5.74, 6) is 0.00936. The van der Waals surface area contributed by atoms with E-state index in [1.807, 2.05) is 53.8 Å². The normalized spacial score (nSPS) is 14.4. The quantitative estimate of drug-likeness (QED) is 0.648. The van der Waals surface area contributed by atoms with Crippen LogP contribution in [0.5, 0.6) is 0 Å². The molecule has 2 aromatic carbocycles. The highest BCUT2D eigenvalue weighted by Gasteiger charge is 2.22. The zero-order valence-corrected chi connectivity index (χ0v) is 18.9. The maximum Gasteiger partial charge on any atom is 0.253 e. The molecule has 0 radical (unpaired) electrons. The number of nitrogens with zero attached hydrogens (tertiary/aromatic N) is 4. The van der Waals surface area contributed by atoms with E-state index in [1.165, 1.54) is 0 Å². The van der Waals surface area contributed by atoms with E-state index in [2.05, 4.69) is 11.2 Å². The molecule has 32 heavy (non-hydrogen) atoms. The van der Waals surface area contributed by atoms with Gasteiger partial charge in [0.2, 0.25) is 0 Å². The lowest BCUT2D eigenvalue weighted by atomic mass is 10.0. The van der Waals surface area contributed by atoms with Gasteiger partial charge in [0.1, 0.15) is 6.07 Å². The predicted octanol–water partition coefficient (Wildman–Crippen LogP) is 4.20. The minimum atomic E-state index is -0.307. The molecule has 164 valence electrons. The van der Waals surface area contributed by atoms with Crippen molar-refractivity contribution in [1.82, 2.24) is 14.7 Å². The van der Waals surface area contributed by atoms with Crippen LogP contribution in [-0.2, 0) is 6.42 Å². The molecular formula is C25H25ClN4O2. The molecule has 1 aliphatic heterocycles. The van der Waals surface area contributed by atoms with Crippen molar-refractivity contribution in [3.8, 4) is 11.8 Å². The number of likely N-dealkylation sites (tertiary alicyclic amines) is 1. The number of halogens is 1. The molecule has 2 heterocycles. The number of hydrogen-bond acceptors (Lipinski definition) is 4. The minimum Gasteiger partial charge on any atom is -0.393 e. The third-order valence-electron chi connectivity index (χ3n) is 6.07. The van der Waals surface area contributed by atoms with E-state index in [0.717, 1.165) is 28.2 Å². The molecule has 6 nitrogen and oxygen atoms in total. The minimum absolute atomic E-state index is 0.00936. The van der Waals surface area contributed by atoms with Crippen molar-refractivity contribution in [1.29, 1.82) is 5.26 Å². The van der Waals surface area contributed by atoms with E-state index in [-0.39, 0.29) is 12.0 Å². The summed E-state index contributed by atoms with van der Waals surface area (Å²) in [7, 11) is 0. The van der Waals surface area contributed by atoms with Gasteiger partial charge in [0.15, 0.2) is 0 Å². The Morgan fingerprint density at radius 1 is 1.22 bits per heavy atom. The fraction of sp³-hybridized carbons (Fsp3) is 0.320. The van der Waals surface area contributed by atoms with E-state index >= 15 is 0 Å². The summed E-state index contributed by atoms with van der Waals surface area (Å²) < 4.78 is 1.84. The third kappa shape index (κ3) is 4.40. The number of hydrogen-bond donors (Lipinski definition) is 1. The molecule has 1 saturated heterocycles. The highest BCUT2D eigenvalue weighted by atomic mass is 35.5. The van der Waals surface area contributed by atoms with Crippen molar-refractivity contribution in [2.24, 2.45) is 0 Å². The van der Waals surface area contributed by atoms with E-state index in [0.29, 0.717) is 48.5 Å². The maximum absolute atomic E-state index is 12.9.